The van der Waals surface area contributed by atoms with E-state index in [-0.39, 0.29) is 6.04 Å². The van der Waals surface area contributed by atoms with Gasteiger partial charge in [0, 0.05) is 11.0 Å². The maximum atomic E-state index is 5.82. The lowest BCUT2D eigenvalue weighted by molar-refractivity contribution is 0.184. The Morgan fingerprint density at radius 3 is 2.71 bits per heavy atom. The fraction of sp³-hybridized carbons (Fsp3) is 0.462. The molecule has 4 heteroatoms. The monoisotopic (exact) mass is 312 g/mol. The first-order valence-electron chi connectivity index (χ1n) is 5.94. The Balaban J connectivity index is 2.05. The number of hydrogen-bond donors (Lipinski definition) is 1. The van der Waals surface area contributed by atoms with E-state index in [1.54, 1.807) is 0 Å². The van der Waals surface area contributed by atoms with Crippen molar-refractivity contribution in [3.8, 4) is 0 Å². The molecule has 0 radical (unpaired) electrons. The summed E-state index contributed by atoms with van der Waals surface area (Å²) in [4.78, 5) is 3.04. The predicted octanol–water partition coefficient (Wildman–Crippen LogP) is 3.09. The number of hydrogen-bond acceptors (Lipinski definition) is 2. The third kappa shape index (κ3) is 3.50. The molecule has 1 aromatic rings. The van der Waals surface area contributed by atoms with Gasteiger partial charge in [0.25, 0.3) is 0 Å². The molecule has 1 unspecified atom stereocenters. The van der Waals surface area contributed by atoms with Gasteiger partial charge in [-0.3, -0.25) is 4.90 Å². The molecule has 1 fully saturated rings. The van der Waals surface area contributed by atoms with E-state index in [1.807, 2.05) is 0 Å². The van der Waals surface area contributed by atoms with Gasteiger partial charge in [0.2, 0.25) is 0 Å². The summed E-state index contributed by atoms with van der Waals surface area (Å²) in [6.45, 7) is 2.04. The van der Waals surface area contributed by atoms with Gasteiger partial charge in [0.1, 0.15) is 0 Å². The van der Waals surface area contributed by atoms with Crippen molar-refractivity contribution < 1.29 is 0 Å². The topological polar surface area (TPSA) is 29.3 Å². The third-order valence-corrected chi connectivity index (χ3v) is 4.04. The molecule has 2 rings (SSSR count). The van der Waals surface area contributed by atoms with Crippen molar-refractivity contribution in [3.05, 3.63) is 34.3 Å². The smallest absolute Gasteiger partial charge is 0.0902 e. The van der Waals surface area contributed by atoms with Gasteiger partial charge in [0.15, 0.2) is 0 Å². The number of thiocarbonyl (C=S) groups is 1. The Bertz CT molecular complexity index is 391. The van der Waals surface area contributed by atoms with Crippen LogP contribution in [0, 0.1) is 0 Å². The molecule has 0 saturated carbocycles. The summed E-state index contributed by atoms with van der Waals surface area (Å²) in [5.74, 6) is 0. The first kappa shape index (κ1) is 13.0. The lowest BCUT2D eigenvalue weighted by atomic mass is 10.0. The second kappa shape index (κ2) is 5.94. The highest BCUT2D eigenvalue weighted by molar-refractivity contribution is 9.10. The van der Waals surface area contributed by atoms with E-state index in [4.69, 9.17) is 18.0 Å². The van der Waals surface area contributed by atoms with Gasteiger partial charge in [0.05, 0.1) is 11.0 Å². The van der Waals surface area contributed by atoms with Crippen molar-refractivity contribution in [2.24, 2.45) is 5.73 Å². The van der Waals surface area contributed by atoms with Crippen LogP contribution in [0.15, 0.2) is 28.7 Å². The van der Waals surface area contributed by atoms with Gasteiger partial charge in [-0.1, -0.05) is 46.7 Å². The molecule has 92 valence electrons. The SMILES string of the molecule is NC(=S)C1CCCCN1Cc1ccc(Br)cc1. The molecule has 0 spiro atoms. The van der Waals surface area contributed by atoms with Gasteiger partial charge in [-0.25, -0.2) is 0 Å². The zero-order chi connectivity index (χ0) is 12.3. The van der Waals surface area contributed by atoms with E-state index in [0.29, 0.717) is 4.99 Å². The quantitative estimate of drug-likeness (QED) is 0.870. The van der Waals surface area contributed by atoms with E-state index < -0.39 is 0 Å². The Kier molecular flexibility index (Phi) is 4.54. The van der Waals surface area contributed by atoms with Crippen LogP contribution in [0.2, 0.25) is 0 Å². The maximum Gasteiger partial charge on any atom is 0.0902 e. The largest absolute Gasteiger partial charge is 0.392 e. The molecule has 1 saturated heterocycles. The minimum absolute atomic E-state index is 0.280. The van der Waals surface area contributed by atoms with Crippen molar-refractivity contribution in [2.45, 2.75) is 31.8 Å². The van der Waals surface area contributed by atoms with Gasteiger partial charge in [-0.05, 0) is 37.1 Å². The molecule has 1 heterocycles. The second-order valence-corrected chi connectivity index (χ2v) is 5.90. The molecule has 0 aliphatic carbocycles. The van der Waals surface area contributed by atoms with Crippen molar-refractivity contribution in [2.75, 3.05) is 6.54 Å². The van der Waals surface area contributed by atoms with Gasteiger partial charge >= 0.3 is 0 Å². The van der Waals surface area contributed by atoms with E-state index in [2.05, 4.69) is 45.1 Å². The number of rotatable bonds is 3. The number of likely N-dealkylation sites (tertiary alicyclic amines) is 1. The Morgan fingerprint density at radius 1 is 1.35 bits per heavy atom. The number of nitrogens with zero attached hydrogens (tertiary/aromatic N) is 1. The normalized spacial score (nSPS) is 21.4. The molecule has 0 amide bonds. The van der Waals surface area contributed by atoms with Gasteiger partial charge in [-0.2, -0.15) is 0 Å². The average Bonchev–Trinajstić information content (AvgIpc) is 2.32. The van der Waals surface area contributed by atoms with Crippen molar-refractivity contribution in [1.82, 2.24) is 4.90 Å². The van der Waals surface area contributed by atoms with Crippen LogP contribution in [0.5, 0.6) is 0 Å². The third-order valence-electron chi connectivity index (χ3n) is 3.24. The second-order valence-electron chi connectivity index (χ2n) is 4.51. The van der Waals surface area contributed by atoms with Crippen LogP contribution in [-0.2, 0) is 6.54 Å². The number of benzene rings is 1. The zero-order valence-electron chi connectivity index (χ0n) is 9.73. The number of piperidine rings is 1. The molecule has 17 heavy (non-hydrogen) atoms. The van der Waals surface area contributed by atoms with Crippen molar-refractivity contribution in [3.63, 3.8) is 0 Å². The molecule has 0 aromatic heterocycles. The molecular formula is C13H17BrN2S. The lowest BCUT2D eigenvalue weighted by Gasteiger charge is -2.35. The minimum atomic E-state index is 0.280. The molecule has 1 aliphatic heterocycles. The molecule has 2 nitrogen and oxygen atoms in total. The summed E-state index contributed by atoms with van der Waals surface area (Å²) < 4.78 is 1.12. The standard InChI is InChI=1S/C13H17BrN2S/c14-11-6-4-10(5-7-11)9-16-8-2-1-3-12(16)13(15)17/h4-7,12H,1-3,8-9H2,(H2,15,17). The van der Waals surface area contributed by atoms with E-state index in [9.17, 15) is 0 Å². The number of nitrogens with two attached hydrogens (primary N) is 1. The van der Waals surface area contributed by atoms with E-state index in [1.165, 1.54) is 18.4 Å². The summed E-state index contributed by atoms with van der Waals surface area (Å²) in [5.41, 5.74) is 7.13. The van der Waals surface area contributed by atoms with Crippen molar-refractivity contribution >= 4 is 33.1 Å². The fourth-order valence-corrected chi connectivity index (χ4v) is 2.86. The van der Waals surface area contributed by atoms with E-state index in [0.717, 1.165) is 24.0 Å². The molecule has 1 aromatic carbocycles. The molecule has 2 N–H and O–H groups in total. The highest BCUT2D eigenvalue weighted by atomic mass is 79.9. The van der Waals surface area contributed by atoms with Crippen LogP contribution < -0.4 is 5.73 Å². The molecular weight excluding hydrogens is 296 g/mol. The highest BCUT2D eigenvalue weighted by Gasteiger charge is 2.24. The molecule has 1 aliphatic rings. The number of halogens is 1. The Morgan fingerprint density at radius 2 is 2.06 bits per heavy atom. The first-order valence-corrected chi connectivity index (χ1v) is 7.15. The van der Waals surface area contributed by atoms with Gasteiger partial charge in [-0.15, -0.1) is 0 Å². The minimum Gasteiger partial charge on any atom is -0.392 e. The summed E-state index contributed by atoms with van der Waals surface area (Å²) in [6, 6.07) is 8.73. The van der Waals surface area contributed by atoms with E-state index >= 15 is 0 Å². The Labute approximate surface area is 116 Å². The van der Waals surface area contributed by atoms with Crippen LogP contribution in [0.1, 0.15) is 24.8 Å². The van der Waals surface area contributed by atoms with Crippen molar-refractivity contribution in [1.29, 1.82) is 0 Å². The summed E-state index contributed by atoms with van der Waals surface area (Å²) >= 11 is 8.61. The van der Waals surface area contributed by atoms with Crippen LogP contribution in [0.4, 0.5) is 0 Å². The molecule has 0 bridgehead atoms. The lowest BCUT2D eigenvalue weighted by Crippen LogP contribution is -2.46. The fourth-order valence-electron chi connectivity index (χ4n) is 2.33. The van der Waals surface area contributed by atoms with Gasteiger partial charge < -0.3 is 5.73 Å². The first-order chi connectivity index (χ1) is 8.16. The van der Waals surface area contributed by atoms with Crippen LogP contribution >= 0.6 is 28.1 Å². The summed E-state index contributed by atoms with van der Waals surface area (Å²) in [5, 5.41) is 0. The van der Waals surface area contributed by atoms with Crippen LogP contribution in [-0.4, -0.2) is 22.5 Å². The molecule has 1 atom stereocenters. The summed E-state index contributed by atoms with van der Waals surface area (Å²) in [7, 11) is 0. The highest BCUT2D eigenvalue weighted by Crippen LogP contribution is 2.20. The zero-order valence-corrected chi connectivity index (χ0v) is 12.1. The van der Waals surface area contributed by atoms with Crippen LogP contribution in [0.3, 0.4) is 0 Å². The Hall–Kier alpha value is -0.450. The summed E-state index contributed by atoms with van der Waals surface area (Å²) in [6.07, 6.45) is 3.58. The maximum absolute atomic E-state index is 5.82. The average molecular weight is 313 g/mol. The predicted molar refractivity (Wildman–Crippen MR) is 79.0 cm³/mol. The van der Waals surface area contributed by atoms with Crippen LogP contribution in [0.25, 0.3) is 0 Å².